The minimum atomic E-state index is -4.66. The lowest BCUT2D eigenvalue weighted by Gasteiger charge is -2.21. The van der Waals surface area contributed by atoms with Crippen LogP contribution in [-0.2, 0) is 22.3 Å². The molecule has 0 aliphatic carbocycles. The van der Waals surface area contributed by atoms with Crippen LogP contribution in [0.1, 0.15) is 19.0 Å². The van der Waals surface area contributed by atoms with Crippen molar-refractivity contribution in [2.75, 3.05) is 18.4 Å². The molecule has 0 spiro atoms. The van der Waals surface area contributed by atoms with Crippen LogP contribution in [0.25, 0.3) is 0 Å². The average Bonchev–Trinajstić information content (AvgIpc) is 3.11. The van der Waals surface area contributed by atoms with Crippen molar-refractivity contribution in [3.8, 4) is 0 Å². The van der Waals surface area contributed by atoms with E-state index in [1.54, 1.807) is 6.92 Å². The summed E-state index contributed by atoms with van der Waals surface area (Å²) in [4.78, 5) is 25.4. The Morgan fingerprint density at radius 3 is 2.41 bits per heavy atom. The van der Waals surface area contributed by atoms with E-state index in [0.717, 1.165) is 21.8 Å². The molecule has 12 heteroatoms. The number of hydrogen-bond acceptors (Lipinski definition) is 3. The molecular weight excluding hydrogens is 406 g/mol. The minimum absolute atomic E-state index is 0.0832. The second-order valence-electron chi connectivity index (χ2n) is 5.98. The predicted octanol–water partition coefficient (Wildman–Crippen LogP) is 3.20. The van der Waals surface area contributed by atoms with Crippen LogP contribution < -0.4 is 5.32 Å². The van der Waals surface area contributed by atoms with Gasteiger partial charge in [-0.2, -0.15) is 18.3 Å². The zero-order valence-electron chi connectivity index (χ0n) is 15.1. The summed E-state index contributed by atoms with van der Waals surface area (Å²) in [5.74, 6) is -6.38. The van der Waals surface area contributed by atoms with E-state index in [4.69, 9.17) is 0 Å². The topological polar surface area (TPSA) is 67.2 Å². The molecule has 0 bridgehead atoms. The summed E-state index contributed by atoms with van der Waals surface area (Å²) < 4.78 is 78.3. The summed E-state index contributed by atoms with van der Waals surface area (Å²) in [6, 6.07) is 2.15. The number of hydrogen-bond donors (Lipinski definition) is 1. The standard InChI is InChI=1S/C17H16F6N4O2/c1-2-6-26(14(29)9-27-7-5-12(25-27)17(21,22)23)8-13(28)24-11-4-3-10(18)15(19)16(11)20/h3-5,7H,2,6,8-9H2,1H3,(H,24,28). The largest absolute Gasteiger partial charge is 0.435 e. The van der Waals surface area contributed by atoms with Crippen LogP contribution in [0.2, 0.25) is 0 Å². The van der Waals surface area contributed by atoms with E-state index in [0.29, 0.717) is 18.6 Å². The highest BCUT2D eigenvalue weighted by molar-refractivity contribution is 5.94. The first kappa shape index (κ1) is 22.2. The number of carbonyl (C=O) groups is 2. The van der Waals surface area contributed by atoms with E-state index in [1.807, 2.05) is 5.32 Å². The van der Waals surface area contributed by atoms with E-state index in [9.17, 15) is 35.9 Å². The van der Waals surface area contributed by atoms with Gasteiger partial charge in [-0.25, -0.2) is 13.2 Å². The fraction of sp³-hybridized carbons (Fsp3) is 0.353. The highest BCUT2D eigenvalue weighted by atomic mass is 19.4. The van der Waals surface area contributed by atoms with Crippen LogP contribution in [0, 0.1) is 17.5 Å². The summed E-state index contributed by atoms with van der Waals surface area (Å²) in [6.07, 6.45) is -3.27. The number of halogens is 6. The Balaban J connectivity index is 2.05. The van der Waals surface area contributed by atoms with E-state index in [-0.39, 0.29) is 6.54 Å². The predicted molar refractivity (Wildman–Crippen MR) is 89.0 cm³/mol. The van der Waals surface area contributed by atoms with Crippen LogP contribution in [0.4, 0.5) is 32.0 Å². The highest BCUT2D eigenvalue weighted by Crippen LogP contribution is 2.27. The number of aromatic nitrogens is 2. The van der Waals surface area contributed by atoms with Gasteiger partial charge in [0.15, 0.2) is 23.1 Å². The number of benzene rings is 1. The monoisotopic (exact) mass is 422 g/mol. The lowest BCUT2D eigenvalue weighted by Crippen LogP contribution is -2.40. The number of carbonyl (C=O) groups excluding carboxylic acids is 2. The van der Waals surface area contributed by atoms with Crippen LogP contribution in [-0.4, -0.2) is 39.6 Å². The van der Waals surface area contributed by atoms with Gasteiger partial charge in [-0.1, -0.05) is 6.92 Å². The Bertz CT molecular complexity index is 897. The molecule has 0 radical (unpaired) electrons. The Labute approximate surface area is 161 Å². The van der Waals surface area contributed by atoms with Crippen molar-refractivity contribution in [2.24, 2.45) is 0 Å². The molecule has 6 nitrogen and oxygen atoms in total. The third-order valence-electron chi connectivity index (χ3n) is 3.72. The molecule has 1 heterocycles. The number of amides is 2. The van der Waals surface area contributed by atoms with Crippen molar-refractivity contribution in [3.63, 3.8) is 0 Å². The highest BCUT2D eigenvalue weighted by Gasteiger charge is 2.33. The van der Waals surface area contributed by atoms with Gasteiger partial charge in [-0.3, -0.25) is 14.3 Å². The molecule has 158 valence electrons. The van der Waals surface area contributed by atoms with E-state index in [1.165, 1.54) is 0 Å². The van der Waals surface area contributed by atoms with Gasteiger partial charge in [0, 0.05) is 12.7 Å². The zero-order chi connectivity index (χ0) is 21.8. The molecule has 1 aromatic carbocycles. The zero-order valence-corrected chi connectivity index (χ0v) is 15.1. The molecule has 2 amide bonds. The molecule has 0 unspecified atom stereocenters. The van der Waals surface area contributed by atoms with Crippen molar-refractivity contribution in [3.05, 3.63) is 47.5 Å². The van der Waals surface area contributed by atoms with Crippen molar-refractivity contribution < 1.29 is 35.9 Å². The van der Waals surface area contributed by atoms with E-state index >= 15 is 0 Å². The summed E-state index contributed by atoms with van der Waals surface area (Å²) in [5, 5.41) is 5.28. The van der Waals surface area contributed by atoms with E-state index < -0.39 is 59.9 Å². The first-order chi connectivity index (χ1) is 13.5. The maximum Gasteiger partial charge on any atom is 0.435 e. The van der Waals surface area contributed by atoms with Gasteiger partial charge < -0.3 is 10.2 Å². The van der Waals surface area contributed by atoms with Crippen molar-refractivity contribution in [1.82, 2.24) is 14.7 Å². The molecule has 0 fully saturated rings. The number of rotatable bonds is 7. The van der Waals surface area contributed by atoms with Crippen molar-refractivity contribution >= 4 is 17.5 Å². The lowest BCUT2D eigenvalue weighted by molar-refractivity contribution is -0.142. The molecule has 2 rings (SSSR count). The number of nitrogens with zero attached hydrogens (tertiary/aromatic N) is 3. The number of alkyl halides is 3. The second kappa shape index (κ2) is 8.97. The minimum Gasteiger partial charge on any atom is -0.332 e. The van der Waals surface area contributed by atoms with Gasteiger partial charge >= 0.3 is 6.18 Å². The van der Waals surface area contributed by atoms with Gasteiger partial charge in [0.25, 0.3) is 0 Å². The maximum atomic E-state index is 13.6. The van der Waals surface area contributed by atoms with Gasteiger partial charge in [0.2, 0.25) is 11.8 Å². The Kier molecular flexibility index (Phi) is 6.88. The fourth-order valence-electron chi connectivity index (χ4n) is 2.39. The summed E-state index contributed by atoms with van der Waals surface area (Å²) in [6.45, 7) is 0.657. The fourth-order valence-corrected chi connectivity index (χ4v) is 2.39. The molecule has 0 aliphatic rings. The maximum absolute atomic E-state index is 13.6. The first-order valence-electron chi connectivity index (χ1n) is 8.34. The molecule has 1 N–H and O–H groups in total. The van der Waals surface area contributed by atoms with Gasteiger partial charge in [0.05, 0.1) is 12.2 Å². The summed E-state index contributed by atoms with van der Waals surface area (Å²) >= 11 is 0. The molecule has 0 saturated carbocycles. The van der Waals surface area contributed by atoms with E-state index in [2.05, 4.69) is 5.10 Å². The molecule has 0 saturated heterocycles. The quantitative estimate of drug-likeness (QED) is 0.551. The van der Waals surface area contributed by atoms with Crippen LogP contribution >= 0.6 is 0 Å². The molecular formula is C17H16F6N4O2. The normalized spacial score (nSPS) is 11.4. The molecule has 0 atom stereocenters. The summed E-state index contributed by atoms with van der Waals surface area (Å²) in [7, 11) is 0. The van der Waals surface area contributed by atoms with Crippen molar-refractivity contribution in [2.45, 2.75) is 26.1 Å². The van der Waals surface area contributed by atoms with Gasteiger partial charge in [-0.05, 0) is 24.6 Å². The molecule has 2 aromatic rings. The van der Waals surface area contributed by atoms with Gasteiger partial charge in [0.1, 0.15) is 6.54 Å². The third-order valence-corrected chi connectivity index (χ3v) is 3.72. The van der Waals surface area contributed by atoms with Crippen LogP contribution in [0.15, 0.2) is 24.4 Å². The number of nitrogens with one attached hydrogen (secondary N) is 1. The first-order valence-corrected chi connectivity index (χ1v) is 8.34. The molecule has 0 aliphatic heterocycles. The summed E-state index contributed by atoms with van der Waals surface area (Å²) in [5.41, 5.74) is -1.78. The smallest absolute Gasteiger partial charge is 0.332 e. The Morgan fingerprint density at radius 2 is 1.83 bits per heavy atom. The Morgan fingerprint density at radius 1 is 1.14 bits per heavy atom. The molecule has 29 heavy (non-hydrogen) atoms. The Hall–Kier alpha value is -3.05. The van der Waals surface area contributed by atoms with Gasteiger partial charge in [-0.15, -0.1) is 0 Å². The SMILES string of the molecule is CCCN(CC(=O)Nc1ccc(F)c(F)c1F)C(=O)Cn1ccc(C(F)(F)F)n1. The third kappa shape index (κ3) is 5.72. The second-order valence-corrected chi connectivity index (χ2v) is 5.98. The lowest BCUT2D eigenvalue weighted by atomic mass is 10.2. The van der Waals surface area contributed by atoms with Crippen molar-refractivity contribution in [1.29, 1.82) is 0 Å². The van der Waals surface area contributed by atoms with Crippen LogP contribution in [0.5, 0.6) is 0 Å². The van der Waals surface area contributed by atoms with Crippen LogP contribution in [0.3, 0.4) is 0 Å². The average molecular weight is 422 g/mol. The molecule has 1 aromatic heterocycles. The number of anilines is 1.